The lowest BCUT2D eigenvalue weighted by Gasteiger charge is -2.11. The summed E-state index contributed by atoms with van der Waals surface area (Å²) in [5, 5.41) is 8.55. The number of rotatable bonds is 3. The monoisotopic (exact) mass is 209 g/mol. The number of carbonyl (C=O) groups is 1. The molecule has 1 amide bonds. The lowest BCUT2D eigenvalue weighted by Crippen LogP contribution is -2.20. The van der Waals surface area contributed by atoms with Gasteiger partial charge in [0.1, 0.15) is 5.75 Å². The van der Waals surface area contributed by atoms with Gasteiger partial charge in [-0.25, -0.2) is 5.48 Å². The number of carbonyl (C=O) groups excluding carboxylic acids is 1. The van der Waals surface area contributed by atoms with Crippen LogP contribution in [0.1, 0.15) is 29.8 Å². The van der Waals surface area contributed by atoms with Gasteiger partial charge >= 0.3 is 0 Å². The molecular weight excluding hydrogens is 194 g/mol. The molecule has 0 atom stereocenters. The van der Waals surface area contributed by atoms with Crippen LogP contribution >= 0.6 is 0 Å². The third kappa shape index (κ3) is 2.95. The number of ether oxygens (including phenoxy) is 1. The van der Waals surface area contributed by atoms with Gasteiger partial charge in [-0.15, -0.1) is 0 Å². The van der Waals surface area contributed by atoms with Crippen LogP contribution in [0.2, 0.25) is 0 Å². The van der Waals surface area contributed by atoms with Crippen molar-refractivity contribution in [1.29, 1.82) is 0 Å². The van der Waals surface area contributed by atoms with E-state index in [0.717, 1.165) is 5.56 Å². The molecule has 4 nitrogen and oxygen atoms in total. The van der Waals surface area contributed by atoms with Gasteiger partial charge in [-0.2, -0.15) is 0 Å². The zero-order chi connectivity index (χ0) is 11.4. The molecule has 0 aliphatic heterocycles. The molecule has 0 saturated carbocycles. The molecule has 15 heavy (non-hydrogen) atoms. The number of aryl methyl sites for hydroxylation is 1. The van der Waals surface area contributed by atoms with E-state index in [2.05, 4.69) is 0 Å². The summed E-state index contributed by atoms with van der Waals surface area (Å²) in [6.45, 7) is 5.61. The molecule has 4 heteroatoms. The van der Waals surface area contributed by atoms with Crippen LogP contribution < -0.4 is 10.2 Å². The number of hydrogen-bond donors (Lipinski definition) is 2. The summed E-state index contributed by atoms with van der Waals surface area (Å²) < 4.78 is 5.44. The highest BCUT2D eigenvalue weighted by molar-refractivity contribution is 5.95. The van der Waals surface area contributed by atoms with Crippen molar-refractivity contribution >= 4 is 5.91 Å². The van der Waals surface area contributed by atoms with Crippen LogP contribution in [0.25, 0.3) is 0 Å². The third-order valence-electron chi connectivity index (χ3n) is 1.93. The van der Waals surface area contributed by atoms with Gasteiger partial charge < -0.3 is 4.74 Å². The van der Waals surface area contributed by atoms with E-state index in [4.69, 9.17) is 9.94 Å². The molecule has 82 valence electrons. The largest absolute Gasteiger partial charge is 0.491 e. The van der Waals surface area contributed by atoms with Crippen molar-refractivity contribution < 1.29 is 14.7 Å². The second-order valence-corrected chi connectivity index (χ2v) is 3.58. The molecule has 2 N–H and O–H groups in total. The zero-order valence-electron chi connectivity index (χ0n) is 9.07. The topological polar surface area (TPSA) is 58.6 Å². The van der Waals surface area contributed by atoms with E-state index in [1.165, 1.54) is 0 Å². The smallest absolute Gasteiger partial charge is 0.275 e. The lowest BCUT2D eigenvalue weighted by atomic mass is 10.1. The number of hydrogen-bond acceptors (Lipinski definition) is 3. The minimum absolute atomic E-state index is 0.0535. The fraction of sp³-hybridized carbons (Fsp3) is 0.364. The van der Waals surface area contributed by atoms with E-state index in [9.17, 15) is 4.79 Å². The molecule has 0 saturated heterocycles. The molecule has 0 unspecified atom stereocenters. The fourth-order valence-electron chi connectivity index (χ4n) is 1.25. The molecular formula is C11H15NO3. The number of amides is 1. The highest BCUT2D eigenvalue weighted by Gasteiger charge is 2.09. The minimum Gasteiger partial charge on any atom is -0.491 e. The normalized spacial score (nSPS) is 10.2. The first-order valence-electron chi connectivity index (χ1n) is 4.76. The van der Waals surface area contributed by atoms with Crippen molar-refractivity contribution in [2.45, 2.75) is 26.9 Å². The van der Waals surface area contributed by atoms with Gasteiger partial charge in [-0.3, -0.25) is 10.0 Å². The Kier molecular flexibility index (Phi) is 3.68. The first-order valence-corrected chi connectivity index (χ1v) is 4.76. The van der Waals surface area contributed by atoms with Crippen LogP contribution in [0.5, 0.6) is 5.75 Å². The number of benzene rings is 1. The standard InChI is InChI=1S/C11H15NO3/c1-7(2)15-9-5-4-8(3)10(6-9)11(13)12-14/h4-7,14H,1-3H3,(H,12,13). The van der Waals surface area contributed by atoms with E-state index in [1.54, 1.807) is 30.6 Å². The van der Waals surface area contributed by atoms with E-state index in [-0.39, 0.29) is 6.10 Å². The lowest BCUT2D eigenvalue weighted by molar-refractivity contribution is 0.0705. The molecule has 1 aromatic rings. The van der Waals surface area contributed by atoms with E-state index < -0.39 is 5.91 Å². The Hall–Kier alpha value is -1.55. The van der Waals surface area contributed by atoms with Gasteiger partial charge in [-0.05, 0) is 38.5 Å². The predicted molar refractivity (Wildman–Crippen MR) is 56.2 cm³/mol. The Morgan fingerprint density at radius 3 is 2.67 bits per heavy atom. The first-order chi connectivity index (χ1) is 7.04. The summed E-state index contributed by atoms with van der Waals surface area (Å²) in [6, 6.07) is 5.19. The van der Waals surface area contributed by atoms with Crippen molar-refractivity contribution in [2.75, 3.05) is 0 Å². The summed E-state index contributed by atoms with van der Waals surface area (Å²) in [7, 11) is 0. The van der Waals surface area contributed by atoms with Crippen LogP contribution in [-0.4, -0.2) is 17.2 Å². The van der Waals surface area contributed by atoms with Gasteiger partial charge in [-0.1, -0.05) is 6.07 Å². The molecule has 0 heterocycles. The minimum atomic E-state index is -0.526. The second kappa shape index (κ2) is 4.79. The molecule has 0 radical (unpaired) electrons. The van der Waals surface area contributed by atoms with Crippen LogP contribution in [0.3, 0.4) is 0 Å². The Bertz CT molecular complexity index is 361. The van der Waals surface area contributed by atoms with E-state index in [1.807, 2.05) is 13.8 Å². The number of nitrogens with one attached hydrogen (secondary N) is 1. The van der Waals surface area contributed by atoms with Gasteiger partial charge in [0.15, 0.2) is 0 Å². The Morgan fingerprint density at radius 2 is 2.13 bits per heavy atom. The average Bonchev–Trinajstić information content (AvgIpc) is 2.19. The molecule has 1 rings (SSSR count). The molecule has 0 bridgehead atoms. The number of hydroxylamine groups is 1. The maximum Gasteiger partial charge on any atom is 0.275 e. The maximum absolute atomic E-state index is 11.3. The van der Waals surface area contributed by atoms with Crippen molar-refractivity contribution in [1.82, 2.24) is 5.48 Å². The average molecular weight is 209 g/mol. The molecule has 0 fully saturated rings. The zero-order valence-corrected chi connectivity index (χ0v) is 9.07. The van der Waals surface area contributed by atoms with Crippen LogP contribution in [-0.2, 0) is 0 Å². The van der Waals surface area contributed by atoms with E-state index >= 15 is 0 Å². The Balaban J connectivity index is 3.00. The SMILES string of the molecule is Cc1ccc(OC(C)C)cc1C(=O)NO. The maximum atomic E-state index is 11.3. The summed E-state index contributed by atoms with van der Waals surface area (Å²) in [6.07, 6.45) is 0.0535. The molecule has 1 aromatic carbocycles. The Morgan fingerprint density at radius 1 is 1.47 bits per heavy atom. The van der Waals surface area contributed by atoms with Crippen LogP contribution in [0.4, 0.5) is 0 Å². The third-order valence-corrected chi connectivity index (χ3v) is 1.93. The molecule has 0 aromatic heterocycles. The first kappa shape index (κ1) is 11.5. The summed E-state index contributed by atoms with van der Waals surface area (Å²) in [5.41, 5.74) is 2.81. The van der Waals surface area contributed by atoms with Gasteiger partial charge in [0.2, 0.25) is 0 Å². The second-order valence-electron chi connectivity index (χ2n) is 3.58. The van der Waals surface area contributed by atoms with Gasteiger partial charge in [0.25, 0.3) is 5.91 Å². The molecule has 0 spiro atoms. The quantitative estimate of drug-likeness (QED) is 0.590. The summed E-state index contributed by atoms with van der Waals surface area (Å²) in [5.74, 6) is 0.0934. The Labute approximate surface area is 88.8 Å². The summed E-state index contributed by atoms with van der Waals surface area (Å²) in [4.78, 5) is 11.3. The summed E-state index contributed by atoms with van der Waals surface area (Å²) >= 11 is 0. The van der Waals surface area contributed by atoms with Crippen LogP contribution in [0, 0.1) is 6.92 Å². The predicted octanol–water partition coefficient (Wildman–Crippen LogP) is 1.90. The van der Waals surface area contributed by atoms with Gasteiger partial charge in [0.05, 0.1) is 6.10 Å². The fourth-order valence-corrected chi connectivity index (χ4v) is 1.25. The van der Waals surface area contributed by atoms with Crippen molar-refractivity contribution in [3.8, 4) is 5.75 Å². The van der Waals surface area contributed by atoms with Crippen molar-refractivity contribution in [3.63, 3.8) is 0 Å². The van der Waals surface area contributed by atoms with Crippen LogP contribution in [0.15, 0.2) is 18.2 Å². The van der Waals surface area contributed by atoms with Crippen molar-refractivity contribution in [2.24, 2.45) is 0 Å². The highest BCUT2D eigenvalue weighted by Crippen LogP contribution is 2.18. The highest BCUT2D eigenvalue weighted by atomic mass is 16.5. The van der Waals surface area contributed by atoms with Gasteiger partial charge in [0, 0.05) is 5.56 Å². The molecule has 0 aliphatic rings. The molecule has 0 aliphatic carbocycles. The van der Waals surface area contributed by atoms with Crippen molar-refractivity contribution in [3.05, 3.63) is 29.3 Å². The van der Waals surface area contributed by atoms with E-state index in [0.29, 0.717) is 11.3 Å².